The summed E-state index contributed by atoms with van der Waals surface area (Å²) in [6.45, 7) is 4.97. The summed E-state index contributed by atoms with van der Waals surface area (Å²) < 4.78 is 37.7. The molecule has 0 aliphatic heterocycles. The quantitative estimate of drug-likeness (QED) is 0.673. The number of nitrogens with one attached hydrogen (secondary N) is 1. The zero-order valence-electron chi connectivity index (χ0n) is 11.9. The van der Waals surface area contributed by atoms with Crippen LogP contribution in [-0.2, 0) is 11.0 Å². The third-order valence-electron chi connectivity index (χ3n) is 2.62. The number of ketones is 1. The van der Waals surface area contributed by atoms with E-state index in [2.05, 4.69) is 5.32 Å². The van der Waals surface area contributed by atoms with Crippen LogP contribution in [0.3, 0.4) is 0 Å². The molecule has 0 bridgehead atoms. The van der Waals surface area contributed by atoms with Crippen LogP contribution in [0, 0.1) is 16.7 Å². The number of benzene rings is 1. The van der Waals surface area contributed by atoms with Crippen LogP contribution in [0.15, 0.2) is 36.0 Å². The van der Waals surface area contributed by atoms with Crippen molar-refractivity contribution in [3.8, 4) is 6.07 Å². The van der Waals surface area contributed by atoms with Crippen LogP contribution in [0.5, 0.6) is 0 Å². The van der Waals surface area contributed by atoms with Gasteiger partial charge in [-0.25, -0.2) is 0 Å². The summed E-state index contributed by atoms with van der Waals surface area (Å²) in [6.07, 6.45) is -3.32. The first-order valence-electron chi connectivity index (χ1n) is 6.14. The van der Waals surface area contributed by atoms with Crippen molar-refractivity contribution in [2.75, 3.05) is 5.32 Å². The van der Waals surface area contributed by atoms with Crippen LogP contribution in [0.2, 0.25) is 0 Å². The molecule has 1 N–H and O–H groups in total. The zero-order valence-corrected chi connectivity index (χ0v) is 11.9. The van der Waals surface area contributed by atoms with Gasteiger partial charge in [0.1, 0.15) is 11.6 Å². The van der Waals surface area contributed by atoms with Crippen LogP contribution < -0.4 is 5.32 Å². The smallest absolute Gasteiger partial charge is 0.360 e. The van der Waals surface area contributed by atoms with Gasteiger partial charge in [0, 0.05) is 17.3 Å². The Bertz CT molecular complexity index is 605. The average Bonchev–Trinajstić information content (AvgIpc) is 2.37. The molecule has 1 aromatic carbocycles. The predicted molar refractivity (Wildman–Crippen MR) is 73.2 cm³/mol. The van der Waals surface area contributed by atoms with Gasteiger partial charge < -0.3 is 5.32 Å². The highest BCUT2D eigenvalue weighted by Gasteiger charge is 2.30. The zero-order chi connectivity index (χ0) is 16.3. The van der Waals surface area contributed by atoms with E-state index in [1.165, 1.54) is 12.1 Å². The Kier molecular flexibility index (Phi) is 4.79. The minimum atomic E-state index is -4.44. The Labute approximate surface area is 121 Å². The molecule has 0 amide bonds. The lowest BCUT2D eigenvalue weighted by Crippen LogP contribution is -2.22. The minimum Gasteiger partial charge on any atom is -0.360 e. The van der Waals surface area contributed by atoms with E-state index >= 15 is 0 Å². The lowest BCUT2D eigenvalue weighted by molar-refractivity contribution is -0.137. The summed E-state index contributed by atoms with van der Waals surface area (Å²) in [4.78, 5) is 11.9. The normalized spacial score (nSPS) is 12.7. The first kappa shape index (κ1) is 16.8. The number of rotatable bonds is 3. The van der Waals surface area contributed by atoms with Gasteiger partial charge in [-0.3, -0.25) is 4.79 Å². The lowest BCUT2D eigenvalue weighted by Gasteiger charge is -2.15. The van der Waals surface area contributed by atoms with Gasteiger partial charge in [0.15, 0.2) is 5.78 Å². The molecule has 112 valence electrons. The number of allylic oxidation sites excluding steroid dienone is 1. The first-order valence-corrected chi connectivity index (χ1v) is 6.14. The number of nitriles is 1. The summed E-state index contributed by atoms with van der Waals surface area (Å²) in [5.74, 6) is -0.385. The molecule has 1 aromatic rings. The number of hydrogen-bond donors (Lipinski definition) is 1. The molecule has 1 rings (SSSR count). The van der Waals surface area contributed by atoms with Crippen molar-refractivity contribution >= 4 is 11.5 Å². The third kappa shape index (κ3) is 4.63. The Morgan fingerprint density at radius 1 is 1.29 bits per heavy atom. The van der Waals surface area contributed by atoms with E-state index in [9.17, 15) is 18.0 Å². The Morgan fingerprint density at radius 2 is 1.90 bits per heavy atom. The standard InChI is InChI=1S/C15H15F3N2O/c1-14(2,3)13(21)10(8-19)9-20-12-6-4-5-11(7-12)15(16,17)18/h4-7,9,20H,1-3H3/b10-9-. The molecular weight excluding hydrogens is 281 g/mol. The van der Waals surface area contributed by atoms with Crippen LogP contribution in [-0.4, -0.2) is 5.78 Å². The number of anilines is 1. The number of halogens is 3. The fourth-order valence-corrected chi connectivity index (χ4v) is 1.49. The van der Waals surface area contributed by atoms with Gasteiger partial charge in [-0.15, -0.1) is 0 Å². The molecule has 0 fully saturated rings. The van der Waals surface area contributed by atoms with Crippen molar-refractivity contribution in [2.24, 2.45) is 5.41 Å². The topological polar surface area (TPSA) is 52.9 Å². The maximum absolute atomic E-state index is 12.6. The molecule has 0 aliphatic carbocycles. The Hall–Kier alpha value is -2.29. The molecule has 0 heterocycles. The third-order valence-corrected chi connectivity index (χ3v) is 2.62. The summed E-state index contributed by atoms with van der Waals surface area (Å²) in [5.41, 5.74) is -1.53. The molecule has 0 aliphatic rings. The number of alkyl halides is 3. The second-order valence-corrected chi connectivity index (χ2v) is 5.47. The molecular formula is C15H15F3N2O. The molecule has 0 aromatic heterocycles. The van der Waals surface area contributed by atoms with Gasteiger partial charge in [-0.1, -0.05) is 26.8 Å². The summed E-state index contributed by atoms with van der Waals surface area (Å²) in [7, 11) is 0. The van der Waals surface area contributed by atoms with E-state index in [1.807, 2.05) is 0 Å². The molecule has 3 nitrogen and oxygen atoms in total. The number of hydrogen-bond acceptors (Lipinski definition) is 3. The average molecular weight is 296 g/mol. The van der Waals surface area contributed by atoms with E-state index in [0.717, 1.165) is 18.3 Å². The van der Waals surface area contributed by atoms with Gasteiger partial charge in [0.2, 0.25) is 0 Å². The molecule has 0 saturated heterocycles. The van der Waals surface area contributed by atoms with E-state index in [0.29, 0.717) is 0 Å². The van der Waals surface area contributed by atoms with Gasteiger partial charge >= 0.3 is 6.18 Å². The molecule has 21 heavy (non-hydrogen) atoms. The predicted octanol–water partition coefficient (Wildman–Crippen LogP) is 4.14. The van der Waals surface area contributed by atoms with Crippen molar-refractivity contribution in [3.63, 3.8) is 0 Å². The molecule has 0 unspecified atom stereocenters. The monoisotopic (exact) mass is 296 g/mol. The molecule has 6 heteroatoms. The fourth-order valence-electron chi connectivity index (χ4n) is 1.49. The van der Waals surface area contributed by atoms with Crippen molar-refractivity contribution in [3.05, 3.63) is 41.6 Å². The Morgan fingerprint density at radius 3 is 2.38 bits per heavy atom. The fraction of sp³-hybridized carbons (Fsp3) is 0.333. The second-order valence-electron chi connectivity index (χ2n) is 5.47. The van der Waals surface area contributed by atoms with E-state index in [4.69, 9.17) is 5.26 Å². The SMILES string of the molecule is CC(C)(C)C(=O)/C(C#N)=C\Nc1cccc(C(F)(F)F)c1. The molecule has 0 atom stereocenters. The van der Waals surface area contributed by atoms with Gasteiger partial charge in [-0.05, 0) is 18.2 Å². The van der Waals surface area contributed by atoms with Gasteiger partial charge in [0.05, 0.1) is 5.56 Å². The van der Waals surface area contributed by atoms with Crippen molar-refractivity contribution < 1.29 is 18.0 Å². The van der Waals surface area contributed by atoms with Crippen LogP contribution >= 0.6 is 0 Å². The minimum absolute atomic E-state index is 0.139. The lowest BCUT2D eigenvalue weighted by atomic mass is 9.87. The number of Topliss-reactive ketones (excluding diaryl/α,β-unsaturated/α-hetero) is 1. The second kappa shape index (κ2) is 6.00. The number of nitrogens with zero attached hydrogens (tertiary/aromatic N) is 1. The van der Waals surface area contributed by atoms with Crippen molar-refractivity contribution in [2.45, 2.75) is 26.9 Å². The van der Waals surface area contributed by atoms with Crippen LogP contribution in [0.25, 0.3) is 0 Å². The maximum Gasteiger partial charge on any atom is 0.416 e. The molecule has 0 spiro atoms. The highest BCUT2D eigenvalue weighted by atomic mass is 19.4. The largest absolute Gasteiger partial charge is 0.416 e. The van der Waals surface area contributed by atoms with Crippen molar-refractivity contribution in [1.82, 2.24) is 0 Å². The Balaban J connectivity index is 2.99. The van der Waals surface area contributed by atoms with E-state index in [1.54, 1.807) is 26.8 Å². The van der Waals surface area contributed by atoms with Crippen LogP contribution in [0.1, 0.15) is 26.3 Å². The first-order chi connectivity index (χ1) is 9.55. The summed E-state index contributed by atoms with van der Waals surface area (Å²) >= 11 is 0. The summed E-state index contributed by atoms with van der Waals surface area (Å²) in [6, 6.07) is 6.27. The number of carbonyl (C=O) groups is 1. The van der Waals surface area contributed by atoms with Crippen molar-refractivity contribution in [1.29, 1.82) is 5.26 Å². The van der Waals surface area contributed by atoms with E-state index < -0.39 is 17.2 Å². The molecule has 0 radical (unpaired) electrons. The van der Waals surface area contributed by atoms with E-state index in [-0.39, 0.29) is 17.0 Å². The highest BCUT2D eigenvalue weighted by Crippen LogP contribution is 2.30. The number of carbonyl (C=O) groups excluding carboxylic acids is 1. The van der Waals surface area contributed by atoms with Crippen LogP contribution in [0.4, 0.5) is 18.9 Å². The van der Waals surface area contributed by atoms with Gasteiger partial charge in [0.25, 0.3) is 0 Å². The maximum atomic E-state index is 12.6. The summed E-state index contributed by atoms with van der Waals surface area (Å²) in [5, 5.41) is 11.5. The highest BCUT2D eigenvalue weighted by molar-refractivity contribution is 6.02. The molecule has 0 saturated carbocycles. The van der Waals surface area contributed by atoms with Gasteiger partial charge in [-0.2, -0.15) is 18.4 Å².